The molecule has 18 heavy (non-hydrogen) atoms. The Labute approximate surface area is 122 Å². The van der Waals surface area contributed by atoms with Crippen LogP contribution in [0.1, 0.15) is 36.4 Å². The van der Waals surface area contributed by atoms with Crippen molar-refractivity contribution in [3.63, 3.8) is 0 Å². The largest absolute Gasteiger partial charge is 0.303 e. The number of rotatable bonds is 4. The van der Waals surface area contributed by atoms with Crippen molar-refractivity contribution in [1.29, 1.82) is 0 Å². The second-order valence-corrected chi connectivity index (χ2v) is 6.11. The molecular formula is C14H15Cl2NS. The van der Waals surface area contributed by atoms with Crippen LogP contribution in [0.2, 0.25) is 10.0 Å². The molecule has 1 heterocycles. The van der Waals surface area contributed by atoms with Crippen molar-refractivity contribution >= 4 is 34.5 Å². The second-order valence-electron chi connectivity index (χ2n) is 4.29. The van der Waals surface area contributed by atoms with E-state index in [4.69, 9.17) is 23.2 Å². The number of hydrogen-bond acceptors (Lipinski definition) is 2. The van der Waals surface area contributed by atoms with Crippen LogP contribution in [0.5, 0.6) is 0 Å². The molecule has 2 rings (SSSR count). The van der Waals surface area contributed by atoms with Gasteiger partial charge < -0.3 is 5.32 Å². The number of hydrogen-bond donors (Lipinski definition) is 1. The molecule has 0 spiro atoms. The normalized spacial score (nSPS) is 14.4. The summed E-state index contributed by atoms with van der Waals surface area (Å²) in [7, 11) is 0. The quantitative estimate of drug-likeness (QED) is 0.789. The van der Waals surface area contributed by atoms with E-state index >= 15 is 0 Å². The molecule has 0 aliphatic rings. The highest BCUT2D eigenvalue weighted by molar-refractivity contribution is 7.10. The van der Waals surface area contributed by atoms with Gasteiger partial charge in [0.1, 0.15) is 0 Å². The van der Waals surface area contributed by atoms with Gasteiger partial charge in [0, 0.05) is 27.0 Å². The lowest BCUT2D eigenvalue weighted by molar-refractivity contribution is 0.500. The minimum absolute atomic E-state index is 0.160. The summed E-state index contributed by atoms with van der Waals surface area (Å²) in [4.78, 5) is 1.32. The van der Waals surface area contributed by atoms with Crippen LogP contribution in [0.15, 0.2) is 35.7 Å². The zero-order valence-corrected chi connectivity index (χ0v) is 12.6. The summed E-state index contributed by atoms with van der Waals surface area (Å²) in [5.74, 6) is 0. The van der Waals surface area contributed by atoms with Gasteiger partial charge >= 0.3 is 0 Å². The van der Waals surface area contributed by atoms with E-state index < -0.39 is 0 Å². The van der Waals surface area contributed by atoms with Crippen molar-refractivity contribution in [2.75, 3.05) is 0 Å². The van der Waals surface area contributed by atoms with E-state index in [0.29, 0.717) is 11.1 Å². The predicted molar refractivity (Wildman–Crippen MR) is 80.7 cm³/mol. The van der Waals surface area contributed by atoms with Gasteiger partial charge in [-0.25, -0.2) is 0 Å². The van der Waals surface area contributed by atoms with Crippen LogP contribution in [-0.2, 0) is 0 Å². The second kappa shape index (κ2) is 6.07. The highest BCUT2D eigenvalue weighted by Crippen LogP contribution is 2.28. The molecule has 2 atom stereocenters. The Balaban J connectivity index is 2.12. The molecular weight excluding hydrogens is 285 g/mol. The molecule has 2 aromatic rings. The zero-order chi connectivity index (χ0) is 13.1. The van der Waals surface area contributed by atoms with Crippen LogP contribution in [0.3, 0.4) is 0 Å². The van der Waals surface area contributed by atoms with E-state index in [1.165, 1.54) is 4.88 Å². The first-order valence-electron chi connectivity index (χ1n) is 5.82. The van der Waals surface area contributed by atoms with Crippen molar-refractivity contribution in [3.05, 3.63) is 56.2 Å². The van der Waals surface area contributed by atoms with E-state index in [2.05, 4.69) is 36.7 Å². The Hall–Kier alpha value is -0.540. The molecule has 0 saturated heterocycles. The van der Waals surface area contributed by atoms with Gasteiger partial charge in [-0.1, -0.05) is 29.3 Å². The molecule has 0 fully saturated rings. The topological polar surface area (TPSA) is 12.0 Å². The lowest BCUT2D eigenvalue weighted by Gasteiger charge is -2.20. The summed E-state index contributed by atoms with van der Waals surface area (Å²) in [6.45, 7) is 4.25. The summed E-state index contributed by atoms with van der Waals surface area (Å²) in [6, 6.07) is 10.2. The van der Waals surface area contributed by atoms with Gasteiger partial charge in [0.2, 0.25) is 0 Å². The molecule has 0 bridgehead atoms. The Morgan fingerprint density at radius 1 is 1.11 bits per heavy atom. The maximum absolute atomic E-state index is 6.20. The lowest BCUT2D eigenvalue weighted by Crippen LogP contribution is -2.22. The lowest BCUT2D eigenvalue weighted by atomic mass is 10.1. The third-order valence-corrected chi connectivity index (χ3v) is 4.53. The maximum Gasteiger partial charge on any atom is 0.0454 e. The zero-order valence-electron chi connectivity index (χ0n) is 10.3. The van der Waals surface area contributed by atoms with Crippen LogP contribution in [-0.4, -0.2) is 0 Å². The van der Waals surface area contributed by atoms with Gasteiger partial charge in [0.05, 0.1) is 0 Å². The molecule has 1 aromatic carbocycles. The number of benzene rings is 1. The van der Waals surface area contributed by atoms with Crippen molar-refractivity contribution in [3.8, 4) is 0 Å². The fourth-order valence-electron chi connectivity index (χ4n) is 1.93. The third-order valence-electron chi connectivity index (χ3n) is 2.89. The molecule has 4 heteroatoms. The summed E-state index contributed by atoms with van der Waals surface area (Å²) in [5, 5.41) is 7.08. The fraction of sp³-hybridized carbons (Fsp3) is 0.286. The van der Waals surface area contributed by atoms with Crippen LogP contribution in [0.4, 0.5) is 0 Å². The molecule has 1 nitrogen and oxygen atoms in total. The predicted octanol–water partition coefficient (Wildman–Crippen LogP) is 5.47. The SMILES string of the molecule is CC(NC(C)c1cc(Cl)ccc1Cl)c1cccs1. The number of halogens is 2. The van der Waals surface area contributed by atoms with Gasteiger partial charge in [-0.2, -0.15) is 0 Å². The van der Waals surface area contributed by atoms with Crippen molar-refractivity contribution in [2.24, 2.45) is 0 Å². The summed E-state index contributed by atoms with van der Waals surface area (Å²) < 4.78 is 0. The third kappa shape index (κ3) is 3.27. The Bertz CT molecular complexity index is 511. The highest BCUT2D eigenvalue weighted by atomic mass is 35.5. The monoisotopic (exact) mass is 299 g/mol. The molecule has 2 unspecified atom stereocenters. The Morgan fingerprint density at radius 3 is 2.56 bits per heavy atom. The molecule has 0 amide bonds. The first-order chi connectivity index (χ1) is 8.58. The Kier molecular flexibility index (Phi) is 4.68. The first-order valence-corrected chi connectivity index (χ1v) is 7.46. The summed E-state index contributed by atoms with van der Waals surface area (Å²) in [5.41, 5.74) is 1.03. The minimum atomic E-state index is 0.160. The van der Waals surface area contributed by atoms with Crippen LogP contribution >= 0.6 is 34.5 Å². The van der Waals surface area contributed by atoms with E-state index in [1.54, 1.807) is 11.3 Å². The van der Waals surface area contributed by atoms with Gasteiger partial charge in [-0.3, -0.25) is 0 Å². The van der Waals surface area contributed by atoms with Gasteiger partial charge in [-0.05, 0) is 49.1 Å². The van der Waals surface area contributed by atoms with Crippen molar-refractivity contribution in [2.45, 2.75) is 25.9 Å². The first kappa shape index (κ1) is 13.9. The molecule has 0 saturated carbocycles. The maximum atomic E-state index is 6.20. The molecule has 1 aromatic heterocycles. The summed E-state index contributed by atoms with van der Waals surface area (Å²) >= 11 is 14.0. The minimum Gasteiger partial charge on any atom is -0.303 e. The van der Waals surface area contributed by atoms with Crippen LogP contribution < -0.4 is 5.32 Å². The van der Waals surface area contributed by atoms with E-state index in [-0.39, 0.29) is 6.04 Å². The van der Waals surface area contributed by atoms with Gasteiger partial charge in [-0.15, -0.1) is 11.3 Å². The smallest absolute Gasteiger partial charge is 0.0454 e. The highest BCUT2D eigenvalue weighted by Gasteiger charge is 2.14. The average Bonchev–Trinajstić information content (AvgIpc) is 2.85. The molecule has 0 radical (unpaired) electrons. The fourth-order valence-corrected chi connectivity index (χ4v) is 3.14. The van der Waals surface area contributed by atoms with Crippen LogP contribution in [0.25, 0.3) is 0 Å². The van der Waals surface area contributed by atoms with Crippen LogP contribution in [0, 0.1) is 0 Å². The number of thiophene rings is 1. The van der Waals surface area contributed by atoms with E-state index in [1.807, 2.05) is 18.2 Å². The van der Waals surface area contributed by atoms with E-state index in [9.17, 15) is 0 Å². The van der Waals surface area contributed by atoms with E-state index in [0.717, 1.165) is 10.6 Å². The Morgan fingerprint density at radius 2 is 1.89 bits per heavy atom. The standard InChI is InChI=1S/C14H15Cl2NS/c1-9(12-8-11(15)5-6-13(12)16)17-10(2)14-4-3-7-18-14/h3-10,17H,1-2H3. The molecule has 1 N–H and O–H groups in total. The van der Waals surface area contributed by atoms with Gasteiger partial charge in [0.25, 0.3) is 0 Å². The molecule has 96 valence electrons. The molecule has 0 aliphatic carbocycles. The van der Waals surface area contributed by atoms with Crippen molar-refractivity contribution < 1.29 is 0 Å². The average molecular weight is 300 g/mol. The van der Waals surface area contributed by atoms with Gasteiger partial charge in [0.15, 0.2) is 0 Å². The summed E-state index contributed by atoms with van der Waals surface area (Å²) in [6.07, 6.45) is 0. The molecule has 0 aliphatic heterocycles. The van der Waals surface area contributed by atoms with Crippen molar-refractivity contribution in [1.82, 2.24) is 5.32 Å². The number of nitrogens with one attached hydrogen (secondary N) is 1.